The molecule has 0 atom stereocenters. The molecule has 0 aliphatic heterocycles. The highest BCUT2D eigenvalue weighted by molar-refractivity contribution is 6.17. The summed E-state index contributed by atoms with van der Waals surface area (Å²) in [6, 6.07) is 2.62. The second-order valence-corrected chi connectivity index (χ2v) is 2.77. The molecule has 0 unspecified atom stereocenters. The lowest BCUT2D eigenvalue weighted by atomic mass is 10.1. The molecule has 0 aliphatic carbocycles. The monoisotopic (exact) mass is 218 g/mol. The molecular weight excluding hydrogens is 214 g/mol. The molecule has 0 amide bonds. The zero-order valence-electron chi connectivity index (χ0n) is 6.85. The molecule has 1 heterocycles. The lowest BCUT2D eigenvalue weighted by Gasteiger charge is -2.02. The van der Waals surface area contributed by atoms with Gasteiger partial charge in [-0.15, -0.1) is 11.6 Å². The molecule has 0 spiro atoms. The van der Waals surface area contributed by atoms with Crippen molar-refractivity contribution in [3.8, 4) is 6.07 Å². The Labute approximate surface area is 82.9 Å². The predicted molar refractivity (Wildman–Crippen MR) is 46.3 cm³/mol. The van der Waals surface area contributed by atoms with Crippen molar-refractivity contribution in [3.63, 3.8) is 0 Å². The minimum Gasteiger partial charge on any atom is -0.313 e. The highest BCUT2D eigenvalue weighted by atomic mass is 35.5. The second kappa shape index (κ2) is 4.20. The van der Waals surface area contributed by atoms with Crippen LogP contribution in [0, 0.1) is 11.3 Å². The Morgan fingerprint density at radius 2 is 2.29 bits per heavy atom. The summed E-state index contributed by atoms with van der Waals surface area (Å²) in [6.07, 6.45) is -2.87. The van der Waals surface area contributed by atoms with Crippen molar-refractivity contribution >= 4 is 11.6 Å². The van der Waals surface area contributed by atoms with Gasteiger partial charge in [0.2, 0.25) is 0 Å². The van der Waals surface area contributed by atoms with Crippen molar-refractivity contribution in [2.45, 2.75) is 12.3 Å². The summed E-state index contributed by atoms with van der Waals surface area (Å²) in [5.41, 5.74) is -1.50. The van der Waals surface area contributed by atoms with Crippen LogP contribution in [0.15, 0.2) is 10.9 Å². The first-order valence-corrected chi connectivity index (χ1v) is 4.14. The lowest BCUT2D eigenvalue weighted by molar-refractivity contribution is 0.149. The SMILES string of the molecule is N#Cc1[nH]c(=O)c(C(F)F)cc1CCl. The van der Waals surface area contributed by atoms with E-state index in [2.05, 4.69) is 0 Å². The van der Waals surface area contributed by atoms with Gasteiger partial charge in [-0.2, -0.15) is 5.26 Å². The number of rotatable bonds is 2. The van der Waals surface area contributed by atoms with Gasteiger partial charge in [-0.05, 0) is 6.07 Å². The van der Waals surface area contributed by atoms with Crippen LogP contribution in [0.25, 0.3) is 0 Å². The number of alkyl halides is 3. The number of hydrogen-bond acceptors (Lipinski definition) is 2. The standard InChI is InChI=1S/C8H5ClF2N2O/c9-2-4-1-5(7(10)11)8(14)13-6(4)3-12/h1,7H,2H2,(H,13,14). The van der Waals surface area contributed by atoms with E-state index in [4.69, 9.17) is 16.9 Å². The van der Waals surface area contributed by atoms with Crippen molar-refractivity contribution in [2.75, 3.05) is 0 Å². The molecule has 0 saturated carbocycles. The maximum atomic E-state index is 12.2. The van der Waals surface area contributed by atoms with Gasteiger partial charge in [0.05, 0.1) is 11.4 Å². The fourth-order valence-electron chi connectivity index (χ4n) is 0.959. The van der Waals surface area contributed by atoms with E-state index in [1.165, 1.54) is 0 Å². The highest BCUT2D eigenvalue weighted by Gasteiger charge is 2.15. The van der Waals surface area contributed by atoms with Gasteiger partial charge in [0.25, 0.3) is 12.0 Å². The lowest BCUT2D eigenvalue weighted by Crippen LogP contribution is -2.15. The number of pyridine rings is 1. The molecule has 0 fully saturated rings. The van der Waals surface area contributed by atoms with E-state index in [0.717, 1.165) is 6.07 Å². The van der Waals surface area contributed by atoms with Crippen LogP contribution in [0.1, 0.15) is 23.2 Å². The third-order valence-electron chi connectivity index (χ3n) is 1.64. The fourth-order valence-corrected chi connectivity index (χ4v) is 1.17. The summed E-state index contributed by atoms with van der Waals surface area (Å²) in [5, 5.41) is 8.54. The summed E-state index contributed by atoms with van der Waals surface area (Å²) < 4.78 is 24.5. The molecule has 0 aromatic carbocycles. The van der Waals surface area contributed by atoms with Gasteiger partial charge in [0.1, 0.15) is 11.8 Å². The molecule has 3 nitrogen and oxygen atoms in total. The molecule has 0 aliphatic rings. The van der Waals surface area contributed by atoms with Crippen LogP contribution >= 0.6 is 11.6 Å². The Hall–Kier alpha value is -1.41. The molecule has 1 rings (SSSR count). The number of aromatic amines is 1. The Morgan fingerprint density at radius 1 is 1.64 bits per heavy atom. The van der Waals surface area contributed by atoms with Crippen molar-refractivity contribution in [1.82, 2.24) is 4.98 Å². The number of H-pyrrole nitrogens is 1. The van der Waals surface area contributed by atoms with E-state index < -0.39 is 17.5 Å². The molecule has 1 N–H and O–H groups in total. The van der Waals surface area contributed by atoms with Gasteiger partial charge in [0, 0.05) is 5.56 Å². The Bertz CT molecular complexity index is 436. The molecule has 1 aromatic heterocycles. The zero-order valence-corrected chi connectivity index (χ0v) is 7.61. The van der Waals surface area contributed by atoms with Crippen LogP contribution in [-0.4, -0.2) is 4.98 Å². The number of nitrogens with one attached hydrogen (secondary N) is 1. The smallest absolute Gasteiger partial charge is 0.269 e. The van der Waals surface area contributed by atoms with Crippen molar-refractivity contribution in [1.29, 1.82) is 5.26 Å². The first kappa shape index (κ1) is 10.7. The van der Waals surface area contributed by atoms with Crippen molar-refractivity contribution in [3.05, 3.63) is 33.2 Å². The summed E-state index contributed by atoms with van der Waals surface area (Å²) in [5.74, 6) is -0.0978. The first-order valence-electron chi connectivity index (χ1n) is 3.60. The van der Waals surface area contributed by atoms with Gasteiger partial charge < -0.3 is 4.98 Å². The van der Waals surface area contributed by atoms with E-state index in [9.17, 15) is 13.6 Å². The Kier molecular flexibility index (Phi) is 3.20. The van der Waals surface area contributed by atoms with Crippen LogP contribution < -0.4 is 5.56 Å². The number of aromatic nitrogens is 1. The molecule has 6 heteroatoms. The normalized spacial score (nSPS) is 10.2. The van der Waals surface area contributed by atoms with Gasteiger partial charge >= 0.3 is 0 Å². The van der Waals surface area contributed by atoms with Gasteiger partial charge in [-0.1, -0.05) is 0 Å². The quantitative estimate of drug-likeness (QED) is 0.771. The number of nitrogens with zero attached hydrogens (tertiary/aromatic N) is 1. The summed E-state index contributed by atoms with van der Waals surface area (Å²) in [7, 11) is 0. The van der Waals surface area contributed by atoms with Crippen molar-refractivity contribution in [2.24, 2.45) is 0 Å². The summed E-state index contributed by atoms with van der Waals surface area (Å²) >= 11 is 5.42. The largest absolute Gasteiger partial charge is 0.313 e. The van der Waals surface area contributed by atoms with Gasteiger partial charge in [-0.3, -0.25) is 4.79 Å². The number of nitriles is 1. The van der Waals surface area contributed by atoms with Crippen LogP contribution in [0.4, 0.5) is 8.78 Å². The molecule has 74 valence electrons. The third kappa shape index (κ3) is 1.91. The minimum atomic E-state index is -2.87. The maximum absolute atomic E-state index is 12.2. The van der Waals surface area contributed by atoms with Crippen LogP contribution in [0.3, 0.4) is 0 Å². The van der Waals surface area contributed by atoms with Gasteiger partial charge in [-0.25, -0.2) is 8.78 Å². The van der Waals surface area contributed by atoms with Gasteiger partial charge in [0.15, 0.2) is 0 Å². The molecule has 14 heavy (non-hydrogen) atoms. The third-order valence-corrected chi connectivity index (χ3v) is 1.93. The fraction of sp³-hybridized carbons (Fsp3) is 0.250. The van der Waals surface area contributed by atoms with E-state index >= 15 is 0 Å². The summed E-state index contributed by atoms with van der Waals surface area (Å²) in [4.78, 5) is 13.0. The maximum Gasteiger partial charge on any atom is 0.269 e. The topological polar surface area (TPSA) is 56.6 Å². The van der Waals surface area contributed by atoms with E-state index in [0.29, 0.717) is 0 Å². The Morgan fingerprint density at radius 3 is 2.71 bits per heavy atom. The van der Waals surface area contributed by atoms with Crippen LogP contribution in [0.5, 0.6) is 0 Å². The molecule has 0 radical (unpaired) electrons. The summed E-state index contributed by atoms with van der Waals surface area (Å²) in [6.45, 7) is 0. The molecule has 0 bridgehead atoms. The van der Waals surface area contributed by atoms with E-state index in [1.807, 2.05) is 4.98 Å². The van der Waals surface area contributed by atoms with Crippen molar-refractivity contribution < 1.29 is 8.78 Å². The number of halogens is 3. The zero-order chi connectivity index (χ0) is 10.7. The average Bonchev–Trinajstić information content (AvgIpc) is 2.16. The number of hydrogen-bond donors (Lipinski definition) is 1. The molecule has 1 aromatic rings. The highest BCUT2D eigenvalue weighted by Crippen LogP contribution is 2.17. The van der Waals surface area contributed by atoms with E-state index in [-0.39, 0.29) is 17.1 Å². The minimum absolute atomic E-state index is 0.0746. The molecular formula is C8H5ClF2N2O. The molecule has 0 saturated heterocycles. The van der Waals surface area contributed by atoms with E-state index in [1.54, 1.807) is 6.07 Å². The first-order chi connectivity index (χ1) is 6.60. The second-order valence-electron chi connectivity index (χ2n) is 2.50. The average molecular weight is 219 g/mol. The Balaban J connectivity index is 3.40. The van der Waals surface area contributed by atoms with Crippen LogP contribution in [-0.2, 0) is 5.88 Å². The van der Waals surface area contributed by atoms with Crippen LogP contribution in [0.2, 0.25) is 0 Å². The predicted octanol–water partition coefficient (Wildman–Crippen LogP) is 1.92.